The molecule has 0 N–H and O–H groups in total. The van der Waals surface area contributed by atoms with Gasteiger partial charge in [0.05, 0.1) is 6.61 Å². The summed E-state index contributed by atoms with van der Waals surface area (Å²) in [5, 5.41) is 0. The number of rotatable bonds is 6. The van der Waals surface area contributed by atoms with E-state index in [1.807, 2.05) is 30.4 Å². The summed E-state index contributed by atoms with van der Waals surface area (Å²) < 4.78 is 4.70. The molecule has 0 spiro atoms. The maximum absolute atomic E-state index is 10.8. The van der Waals surface area contributed by atoms with Crippen LogP contribution in [0.1, 0.15) is 6.92 Å². The van der Waals surface area contributed by atoms with Crippen LogP contribution in [0.25, 0.3) is 0 Å². The summed E-state index contributed by atoms with van der Waals surface area (Å²) in [5.74, 6) is -0.322. The highest BCUT2D eigenvalue weighted by Gasteiger charge is 1.89. The van der Waals surface area contributed by atoms with Crippen molar-refractivity contribution in [3.63, 3.8) is 0 Å². The summed E-state index contributed by atoms with van der Waals surface area (Å²) in [6, 6.07) is 0. The van der Waals surface area contributed by atoms with E-state index in [9.17, 15) is 4.79 Å². The number of allylic oxidation sites excluding steroid dienone is 8. The van der Waals surface area contributed by atoms with Gasteiger partial charge in [0.15, 0.2) is 0 Å². The van der Waals surface area contributed by atoms with Crippen molar-refractivity contribution in [3.8, 4) is 0 Å². The molecule has 0 aliphatic rings. The zero-order chi connectivity index (χ0) is 11.4. The molecule has 0 aliphatic heterocycles. The molecule has 0 unspecified atom stereocenters. The molecule has 0 radical (unpaired) electrons. The molecule has 0 rings (SSSR count). The standard InChI is InChI=1S/C13H16O2/c1-3-5-6-7-8-9-10-11-12-13(14)15-4-2/h3,5-12H,1,4H2,2H3. The molecule has 0 amide bonds. The number of hydrogen-bond donors (Lipinski definition) is 0. The number of carbonyl (C=O) groups is 1. The molecule has 80 valence electrons. The van der Waals surface area contributed by atoms with E-state index >= 15 is 0 Å². The Balaban J connectivity index is 3.79. The number of hydrogen-bond acceptors (Lipinski definition) is 2. The zero-order valence-corrected chi connectivity index (χ0v) is 8.93. The van der Waals surface area contributed by atoms with Crippen molar-refractivity contribution in [2.24, 2.45) is 0 Å². The molecule has 2 nitrogen and oxygen atoms in total. The third kappa shape index (κ3) is 10.1. The van der Waals surface area contributed by atoms with Crippen molar-refractivity contribution in [2.75, 3.05) is 6.61 Å². The monoisotopic (exact) mass is 204 g/mol. The van der Waals surface area contributed by atoms with Gasteiger partial charge in [0, 0.05) is 6.08 Å². The van der Waals surface area contributed by atoms with Crippen LogP contribution in [-0.4, -0.2) is 12.6 Å². The Bertz CT molecular complexity index is 294. The van der Waals surface area contributed by atoms with Crippen LogP contribution < -0.4 is 0 Å². The van der Waals surface area contributed by atoms with Crippen molar-refractivity contribution in [1.82, 2.24) is 0 Å². The van der Waals surface area contributed by atoms with Gasteiger partial charge in [-0.25, -0.2) is 4.79 Å². The lowest BCUT2D eigenvalue weighted by Gasteiger charge is -1.92. The van der Waals surface area contributed by atoms with Crippen LogP contribution in [-0.2, 0) is 9.53 Å². The van der Waals surface area contributed by atoms with Gasteiger partial charge in [0.25, 0.3) is 0 Å². The molecule has 0 saturated carbocycles. The largest absolute Gasteiger partial charge is 0.463 e. The predicted molar refractivity (Wildman–Crippen MR) is 63.4 cm³/mol. The summed E-state index contributed by atoms with van der Waals surface area (Å²) >= 11 is 0. The van der Waals surface area contributed by atoms with Crippen molar-refractivity contribution >= 4 is 5.97 Å². The predicted octanol–water partition coefficient (Wildman–Crippen LogP) is 2.96. The lowest BCUT2D eigenvalue weighted by Crippen LogP contribution is -1.98. The summed E-state index contributed by atoms with van der Waals surface area (Å²) in [6.07, 6.45) is 15.7. The minimum atomic E-state index is -0.322. The van der Waals surface area contributed by atoms with Crippen LogP contribution in [0.5, 0.6) is 0 Å². The van der Waals surface area contributed by atoms with E-state index in [0.717, 1.165) is 0 Å². The molecule has 2 heteroatoms. The van der Waals surface area contributed by atoms with E-state index in [2.05, 4.69) is 6.58 Å². The Hall–Kier alpha value is -1.83. The fraction of sp³-hybridized carbons (Fsp3) is 0.154. The summed E-state index contributed by atoms with van der Waals surface area (Å²) in [4.78, 5) is 10.8. The highest BCUT2D eigenvalue weighted by atomic mass is 16.5. The van der Waals surface area contributed by atoms with Crippen molar-refractivity contribution < 1.29 is 9.53 Å². The minimum Gasteiger partial charge on any atom is -0.463 e. The lowest BCUT2D eigenvalue weighted by atomic mass is 10.4. The third-order valence-electron chi connectivity index (χ3n) is 1.32. The van der Waals surface area contributed by atoms with Crippen LogP contribution in [0.2, 0.25) is 0 Å². The van der Waals surface area contributed by atoms with E-state index in [-0.39, 0.29) is 5.97 Å². The molecule has 0 fully saturated rings. The zero-order valence-electron chi connectivity index (χ0n) is 8.93. The van der Waals surface area contributed by atoms with Crippen LogP contribution in [0.3, 0.4) is 0 Å². The molecular weight excluding hydrogens is 188 g/mol. The number of ether oxygens (including phenoxy) is 1. The fourth-order valence-corrected chi connectivity index (χ4v) is 0.724. The summed E-state index contributed by atoms with van der Waals surface area (Å²) in [5.41, 5.74) is 0. The lowest BCUT2D eigenvalue weighted by molar-refractivity contribution is -0.137. The van der Waals surface area contributed by atoms with Gasteiger partial charge >= 0.3 is 5.97 Å². The first-order valence-corrected chi connectivity index (χ1v) is 4.77. The van der Waals surface area contributed by atoms with Gasteiger partial charge in [-0.2, -0.15) is 0 Å². The van der Waals surface area contributed by atoms with Gasteiger partial charge in [-0.1, -0.05) is 55.2 Å². The second-order valence-electron chi connectivity index (χ2n) is 2.50. The van der Waals surface area contributed by atoms with E-state index in [0.29, 0.717) is 6.61 Å². The molecule has 0 bridgehead atoms. The average Bonchev–Trinajstić information content (AvgIpc) is 2.22. The van der Waals surface area contributed by atoms with Crippen LogP contribution in [0, 0.1) is 0 Å². The smallest absolute Gasteiger partial charge is 0.330 e. The molecule has 0 saturated heterocycles. The van der Waals surface area contributed by atoms with E-state index in [1.54, 1.807) is 25.2 Å². The quantitative estimate of drug-likeness (QED) is 0.378. The molecule has 0 atom stereocenters. The molecule has 0 aromatic heterocycles. The fourth-order valence-electron chi connectivity index (χ4n) is 0.724. The SMILES string of the molecule is C=CC=CC=CC=CC=CC(=O)OCC. The first-order valence-electron chi connectivity index (χ1n) is 4.77. The Kier molecular flexibility index (Phi) is 9.00. The average molecular weight is 204 g/mol. The second-order valence-corrected chi connectivity index (χ2v) is 2.50. The molecule has 0 heterocycles. The minimum absolute atomic E-state index is 0.322. The van der Waals surface area contributed by atoms with Gasteiger partial charge in [0.1, 0.15) is 0 Å². The van der Waals surface area contributed by atoms with Crippen LogP contribution in [0.4, 0.5) is 0 Å². The van der Waals surface area contributed by atoms with Gasteiger partial charge in [-0.15, -0.1) is 0 Å². The number of esters is 1. The Morgan fingerprint density at radius 2 is 1.60 bits per heavy atom. The van der Waals surface area contributed by atoms with Crippen molar-refractivity contribution in [2.45, 2.75) is 6.92 Å². The molecular formula is C13H16O2. The third-order valence-corrected chi connectivity index (χ3v) is 1.32. The van der Waals surface area contributed by atoms with E-state index < -0.39 is 0 Å². The van der Waals surface area contributed by atoms with Crippen molar-refractivity contribution in [1.29, 1.82) is 0 Å². The Morgan fingerprint density at radius 1 is 1.07 bits per heavy atom. The first-order chi connectivity index (χ1) is 7.31. The van der Waals surface area contributed by atoms with Crippen LogP contribution in [0.15, 0.2) is 61.3 Å². The second kappa shape index (κ2) is 10.3. The maximum Gasteiger partial charge on any atom is 0.330 e. The topological polar surface area (TPSA) is 26.3 Å². The molecule has 0 aromatic rings. The summed E-state index contributed by atoms with van der Waals surface area (Å²) in [7, 11) is 0. The van der Waals surface area contributed by atoms with Gasteiger partial charge < -0.3 is 4.74 Å². The van der Waals surface area contributed by atoms with E-state index in [4.69, 9.17) is 4.74 Å². The summed E-state index contributed by atoms with van der Waals surface area (Å²) in [6.45, 7) is 5.72. The Labute approximate surface area is 90.9 Å². The molecule has 0 aliphatic carbocycles. The van der Waals surface area contributed by atoms with Gasteiger partial charge in [0.2, 0.25) is 0 Å². The van der Waals surface area contributed by atoms with Gasteiger partial charge in [-0.3, -0.25) is 0 Å². The Morgan fingerprint density at radius 3 is 2.13 bits per heavy atom. The first kappa shape index (κ1) is 13.2. The highest BCUT2D eigenvalue weighted by molar-refractivity contribution is 5.82. The number of carbonyl (C=O) groups excluding carboxylic acids is 1. The molecule has 15 heavy (non-hydrogen) atoms. The van der Waals surface area contributed by atoms with E-state index in [1.165, 1.54) is 6.08 Å². The molecule has 0 aromatic carbocycles. The normalized spacial score (nSPS) is 12.1. The van der Waals surface area contributed by atoms with Gasteiger partial charge in [-0.05, 0) is 6.92 Å². The maximum atomic E-state index is 10.8. The van der Waals surface area contributed by atoms with Crippen molar-refractivity contribution in [3.05, 3.63) is 61.3 Å². The highest BCUT2D eigenvalue weighted by Crippen LogP contribution is 1.85. The van der Waals surface area contributed by atoms with Crippen LogP contribution >= 0.6 is 0 Å².